The van der Waals surface area contributed by atoms with Gasteiger partial charge in [0.2, 0.25) is 0 Å². The summed E-state index contributed by atoms with van der Waals surface area (Å²) in [6, 6.07) is 3.85. The second-order valence-corrected chi connectivity index (χ2v) is 9.24. The van der Waals surface area contributed by atoms with Crippen molar-refractivity contribution in [3.63, 3.8) is 0 Å². The summed E-state index contributed by atoms with van der Waals surface area (Å²) < 4.78 is 119. The van der Waals surface area contributed by atoms with E-state index in [4.69, 9.17) is 9.47 Å². The maximum Gasteiger partial charge on any atom is 0.499 e. The topological polar surface area (TPSA) is 77.1 Å². The maximum atomic E-state index is 14.3. The van der Waals surface area contributed by atoms with Crippen molar-refractivity contribution in [2.45, 2.75) is 63.8 Å². The van der Waals surface area contributed by atoms with Crippen LogP contribution in [0.15, 0.2) is 48.5 Å². The highest BCUT2D eigenvalue weighted by molar-refractivity contribution is 5.89. The zero-order chi connectivity index (χ0) is 32.1. The first kappa shape index (κ1) is 35.4. The van der Waals surface area contributed by atoms with Crippen LogP contribution in [0.2, 0.25) is 0 Å². The predicted octanol–water partition coefficient (Wildman–Crippen LogP) is 7.75. The van der Waals surface area contributed by atoms with Crippen LogP contribution in [0.3, 0.4) is 0 Å². The number of esters is 1. The van der Waals surface area contributed by atoms with E-state index in [9.17, 15) is 44.7 Å². The third-order valence-electron chi connectivity index (χ3n) is 5.86. The second-order valence-electron chi connectivity index (χ2n) is 9.24. The van der Waals surface area contributed by atoms with Crippen LogP contribution in [-0.2, 0) is 16.0 Å². The van der Waals surface area contributed by atoms with Crippen molar-refractivity contribution in [3.05, 3.63) is 54.1 Å². The summed E-state index contributed by atoms with van der Waals surface area (Å²) in [6.45, 7) is -0.391. The van der Waals surface area contributed by atoms with Gasteiger partial charge >= 0.3 is 30.3 Å². The third kappa shape index (κ3) is 11.8. The largest absolute Gasteiger partial charge is 0.499 e. The molecule has 0 bridgehead atoms. The Bertz CT molecular complexity index is 1160. The number of hydrogen-bond acceptors (Lipinski definition) is 5. The number of benzene rings is 2. The average molecular weight is 629 g/mol. The highest BCUT2D eigenvalue weighted by atomic mass is 19.4. The van der Waals surface area contributed by atoms with Gasteiger partial charge in [0.15, 0.2) is 6.67 Å². The molecule has 0 fully saturated rings. The number of halogens is 8. The van der Waals surface area contributed by atoms with Crippen LogP contribution in [0.4, 0.5) is 45.6 Å². The summed E-state index contributed by atoms with van der Waals surface area (Å²) in [6.07, 6.45) is -8.21. The average Bonchev–Trinajstić information content (AvgIpc) is 2.92. The molecule has 0 saturated carbocycles. The van der Waals surface area contributed by atoms with E-state index in [1.807, 2.05) is 5.32 Å². The molecule has 0 radical (unpaired) electrons. The van der Waals surface area contributed by atoms with Crippen LogP contribution in [-0.4, -0.2) is 61.7 Å². The lowest BCUT2D eigenvalue weighted by molar-refractivity contribution is -0.360. The lowest BCUT2D eigenvalue weighted by Gasteiger charge is -2.29. The third-order valence-corrected chi connectivity index (χ3v) is 5.86. The molecule has 0 aliphatic heterocycles. The van der Waals surface area contributed by atoms with Crippen LogP contribution >= 0.6 is 0 Å². The minimum atomic E-state index is -6.02. The number of unbranched alkanes of at least 4 members (excludes halogenated alkanes) is 3. The summed E-state index contributed by atoms with van der Waals surface area (Å²) in [5.74, 6) is -0.716. The molecule has 15 heteroatoms. The van der Waals surface area contributed by atoms with Gasteiger partial charge in [0.1, 0.15) is 11.5 Å². The molecule has 0 aliphatic rings. The van der Waals surface area contributed by atoms with Crippen molar-refractivity contribution in [3.8, 4) is 11.5 Å². The van der Waals surface area contributed by atoms with Gasteiger partial charge in [-0.3, -0.25) is 9.69 Å². The first-order chi connectivity index (χ1) is 20.2. The maximum absolute atomic E-state index is 14.3. The van der Waals surface area contributed by atoms with E-state index >= 15 is 0 Å². The predicted molar refractivity (Wildman–Crippen MR) is 140 cm³/mol. The fourth-order valence-corrected chi connectivity index (χ4v) is 3.66. The molecule has 0 saturated heterocycles. The number of amides is 2. The first-order valence-electron chi connectivity index (χ1n) is 13.3. The van der Waals surface area contributed by atoms with Gasteiger partial charge in [0.25, 0.3) is 0 Å². The van der Waals surface area contributed by atoms with Gasteiger partial charge in [-0.1, -0.05) is 31.0 Å². The number of anilines is 1. The molecular weight excluding hydrogens is 596 g/mol. The van der Waals surface area contributed by atoms with E-state index in [-0.39, 0.29) is 17.3 Å². The smallest absolute Gasteiger partial charge is 0.494 e. The summed E-state index contributed by atoms with van der Waals surface area (Å²) in [7, 11) is 0. The minimum Gasteiger partial charge on any atom is -0.494 e. The number of hydrogen-bond donors (Lipinski definition) is 1. The lowest BCUT2D eigenvalue weighted by Crippen LogP contribution is -2.50. The van der Waals surface area contributed by atoms with Crippen molar-refractivity contribution in [1.82, 2.24) is 4.90 Å². The molecule has 2 aromatic rings. The summed E-state index contributed by atoms with van der Waals surface area (Å²) in [5, 5.41) is 1.94. The molecule has 43 heavy (non-hydrogen) atoms. The molecule has 0 unspecified atom stereocenters. The molecule has 1 N–H and O–H groups in total. The van der Waals surface area contributed by atoms with Gasteiger partial charge in [-0.05, 0) is 56.0 Å². The van der Waals surface area contributed by atoms with Crippen molar-refractivity contribution in [2.75, 3.05) is 31.7 Å². The van der Waals surface area contributed by atoms with Crippen LogP contribution in [0.1, 0.15) is 44.6 Å². The van der Waals surface area contributed by atoms with Crippen LogP contribution < -0.4 is 14.8 Å². The van der Waals surface area contributed by atoms with Crippen molar-refractivity contribution < 1.29 is 58.9 Å². The molecule has 0 spiro atoms. The normalized spacial score (nSPS) is 12.0. The molecule has 240 valence electrons. The molecule has 0 aromatic heterocycles. The summed E-state index contributed by atoms with van der Waals surface area (Å²) >= 11 is 0. The Morgan fingerprint density at radius 1 is 0.884 bits per heavy atom. The molecule has 7 nitrogen and oxygen atoms in total. The first-order valence-corrected chi connectivity index (χ1v) is 13.3. The SMILES string of the molecule is CCOC(=O)CCCCCCOc1ccc(CCN(C(=O)Nc2cccc(OC(F)(F)C(F)(F)F)c2)C(F)(F)CF)cc1. The molecule has 2 rings (SSSR count). The van der Waals surface area contributed by atoms with E-state index < -0.39 is 49.0 Å². The molecule has 0 heterocycles. The number of carbonyl (C=O) groups excluding carboxylic acids is 2. The number of nitrogens with one attached hydrogen (secondary N) is 1. The van der Waals surface area contributed by atoms with Gasteiger partial charge < -0.3 is 19.5 Å². The monoisotopic (exact) mass is 628 g/mol. The second kappa shape index (κ2) is 16.2. The Labute approximate surface area is 243 Å². The number of rotatable bonds is 17. The highest BCUT2D eigenvalue weighted by Gasteiger charge is 2.61. The van der Waals surface area contributed by atoms with Gasteiger partial charge in [-0.2, -0.15) is 30.7 Å². The zero-order valence-electron chi connectivity index (χ0n) is 23.2. The van der Waals surface area contributed by atoms with Crippen LogP contribution in [0.5, 0.6) is 11.5 Å². The Morgan fingerprint density at radius 2 is 1.56 bits per heavy atom. The molecule has 0 atom stereocenters. The Kier molecular flexibility index (Phi) is 13.3. The number of urea groups is 1. The number of carbonyl (C=O) groups is 2. The molecular formula is C28H32F8N2O5. The van der Waals surface area contributed by atoms with Crippen molar-refractivity contribution in [1.29, 1.82) is 0 Å². The van der Waals surface area contributed by atoms with Gasteiger partial charge in [-0.15, -0.1) is 0 Å². The molecule has 2 aromatic carbocycles. The minimum absolute atomic E-state index is 0.114. The Hall–Kier alpha value is -3.78. The zero-order valence-corrected chi connectivity index (χ0v) is 23.2. The standard InChI is InChI=1S/C28H32F8N2O5/c1-2-41-24(39)10-5-3-4-6-17-42-22-13-11-20(12-14-22)15-16-38(26(30,31)19-29)25(40)37-21-8-7-9-23(18-21)43-28(35,36)27(32,33)34/h7-9,11-14,18H,2-6,10,15-17,19H2,1H3,(H,37,40). The van der Waals surface area contributed by atoms with E-state index in [0.29, 0.717) is 43.4 Å². The van der Waals surface area contributed by atoms with E-state index in [2.05, 4.69) is 4.74 Å². The fraction of sp³-hybridized carbons (Fsp3) is 0.500. The van der Waals surface area contributed by atoms with Gasteiger partial charge in [0.05, 0.1) is 13.2 Å². The lowest BCUT2D eigenvalue weighted by atomic mass is 10.1. The molecule has 2 amide bonds. The van der Waals surface area contributed by atoms with Crippen LogP contribution in [0.25, 0.3) is 0 Å². The summed E-state index contributed by atoms with van der Waals surface area (Å²) in [4.78, 5) is 23.8. The van der Waals surface area contributed by atoms with E-state index in [0.717, 1.165) is 37.5 Å². The summed E-state index contributed by atoms with van der Waals surface area (Å²) in [5.41, 5.74) is 0.0594. The van der Waals surface area contributed by atoms with E-state index in [1.165, 1.54) is 0 Å². The van der Waals surface area contributed by atoms with Crippen LogP contribution in [0, 0.1) is 0 Å². The molecule has 0 aliphatic carbocycles. The number of nitrogens with zero attached hydrogens (tertiary/aromatic N) is 1. The van der Waals surface area contributed by atoms with Crippen molar-refractivity contribution in [2.24, 2.45) is 0 Å². The Balaban J connectivity index is 1.90. The van der Waals surface area contributed by atoms with Gasteiger partial charge in [-0.25, -0.2) is 9.18 Å². The number of alkyl halides is 8. The van der Waals surface area contributed by atoms with Crippen molar-refractivity contribution >= 4 is 17.7 Å². The van der Waals surface area contributed by atoms with Gasteiger partial charge in [0, 0.05) is 24.7 Å². The number of ether oxygens (including phenoxy) is 3. The van der Waals surface area contributed by atoms with E-state index in [1.54, 1.807) is 31.2 Å². The quantitative estimate of drug-likeness (QED) is 0.0839. The fourth-order valence-electron chi connectivity index (χ4n) is 3.66. The Morgan fingerprint density at radius 3 is 2.19 bits per heavy atom. The highest BCUT2D eigenvalue weighted by Crippen LogP contribution is 2.37.